The molecule has 0 bridgehead atoms. The molecule has 0 unspecified atom stereocenters. The topological polar surface area (TPSA) is 0 Å². The summed E-state index contributed by atoms with van der Waals surface area (Å²) >= 11 is 0. The van der Waals surface area contributed by atoms with E-state index < -0.39 is 0 Å². The summed E-state index contributed by atoms with van der Waals surface area (Å²) in [5.41, 5.74) is 10.1. The Hall–Kier alpha value is -1.56. The van der Waals surface area contributed by atoms with Crippen LogP contribution in [0.5, 0.6) is 0 Å². The van der Waals surface area contributed by atoms with E-state index in [1.54, 1.807) is 0 Å². The smallest absolute Gasteiger partial charge is 0.0106 e. The molecule has 0 nitrogen and oxygen atoms in total. The minimum atomic E-state index is 0.184. The van der Waals surface area contributed by atoms with Crippen molar-refractivity contribution < 1.29 is 0 Å². The van der Waals surface area contributed by atoms with Gasteiger partial charge in [0.2, 0.25) is 0 Å². The standard InChI is InChI=1S/C19H34.C10H14.C2H6/c1-10-15(4)13-17(19(8,9)12-3)14-16(5)18(6,7)11-2;1-7-5-8(2)10(4)9(3)6-7;1-2/h13-14H,5,10-12H2,1-4,6-9H3;5-6H,1-4H3;1-2H3/b15-13+,17-14+;;. The van der Waals surface area contributed by atoms with Gasteiger partial charge in [-0.1, -0.05) is 104 Å². The lowest BCUT2D eigenvalue weighted by atomic mass is 9.76. The van der Waals surface area contributed by atoms with E-state index in [-0.39, 0.29) is 10.8 Å². The molecule has 0 aromatic heterocycles. The fourth-order valence-electron chi connectivity index (χ4n) is 2.87. The van der Waals surface area contributed by atoms with E-state index in [1.807, 2.05) is 13.8 Å². The van der Waals surface area contributed by atoms with Crippen LogP contribution in [-0.2, 0) is 0 Å². The highest BCUT2D eigenvalue weighted by molar-refractivity contribution is 5.37. The van der Waals surface area contributed by atoms with Crippen LogP contribution in [0.3, 0.4) is 0 Å². The summed E-state index contributed by atoms with van der Waals surface area (Å²) in [6.07, 6.45) is 8.07. The molecular formula is C31H54. The van der Waals surface area contributed by atoms with Crippen LogP contribution in [0.1, 0.15) is 111 Å². The Morgan fingerprint density at radius 3 is 1.58 bits per heavy atom. The van der Waals surface area contributed by atoms with Crippen LogP contribution < -0.4 is 0 Å². The first-order valence-corrected chi connectivity index (χ1v) is 12.3. The van der Waals surface area contributed by atoms with Gasteiger partial charge >= 0.3 is 0 Å². The number of hydrogen-bond donors (Lipinski definition) is 0. The number of allylic oxidation sites excluding steroid dienone is 5. The normalized spacial score (nSPS) is 12.5. The Morgan fingerprint density at radius 2 is 1.23 bits per heavy atom. The van der Waals surface area contributed by atoms with Crippen molar-refractivity contribution in [1.82, 2.24) is 0 Å². The van der Waals surface area contributed by atoms with E-state index in [9.17, 15) is 0 Å². The second kappa shape index (κ2) is 14.5. The van der Waals surface area contributed by atoms with Gasteiger partial charge in [-0.2, -0.15) is 0 Å². The summed E-state index contributed by atoms with van der Waals surface area (Å²) in [6, 6.07) is 4.45. The van der Waals surface area contributed by atoms with Crippen molar-refractivity contribution in [1.29, 1.82) is 0 Å². The van der Waals surface area contributed by atoms with E-state index in [0.717, 1.165) is 19.3 Å². The summed E-state index contributed by atoms with van der Waals surface area (Å²) in [5.74, 6) is 0. The highest BCUT2D eigenvalue weighted by Gasteiger charge is 2.23. The van der Waals surface area contributed by atoms with Crippen molar-refractivity contribution in [3.63, 3.8) is 0 Å². The van der Waals surface area contributed by atoms with E-state index in [4.69, 9.17) is 0 Å². The summed E-state index contributed by atoms with van der Waals surface area (Å²) in [7, 11) is 0. The van der Waals surface area contributed by atoms with Crippen LogP contribution in [-0.4, -0.2) is 0 Å². The highest BCUT2D eigenvalue weighted by Crippen LogP contribution is 2.37. The van der Waals surface area contributed by atoms with Crippen LogP contribution in [0.4, 0.5) is 0 Å². The Morgan fingerprint density at radius 1 is 0.806 bits per heavy atom. The Labute approximate surface area is 196 Å². The van der Waals surface area contributed by atoms with Gasteiger partial charge in [-0.15, -0.1) is 0 Å². The zero-order valence-electron chi connectivity index (χ0n) is 23.6. The van der Waals surface area contributed by atoms with Gasteiger partial charge in [0.1, 0.15) is 0 Å². The molecule has 0 aliphatic carbocycles. The van der Waals surface area contributed by atoms with E-state index >= 15 is 0 Å². The van der Waals surface area contributed by atoms with Gasteiger partial charge in [-0.3, -0.25) is 0 Å². The molecule has 0 N–H and O–H groups in total. The van der Waals surface area contributed by atoms with E-state index in [1.165, 1.54) is 39.0 Å². The molecule has 1 aromatic carbocycles. The van der Waals surface area contributed by atoms with Crippen molar-refractivity contribution in [2.24, 2.45) is 10.8 Å². The van der Waals surface area contributed by atoms with Crippen molar-refractivity contribution in [2.75, 3.05) is 0 Å². The molecule has 0 heteroatoms. The Bertz CT molecular complexity index is 712. The number of rotatable bonds is 7. The molecule has 0 spiro atoms. The highest BCUT2D eigenvalue weighted by atomic mass is 14.3. The number of aryl methyl sites for hydroxylation is 3. The van der Waals surface area contributed by atoms with Crippen LogP contribution in [0.15, 0.2) is 47.6 Å². The lowest BCUT2D eigenvalue weighted by Gasteiger charge is -2.29. The first kappa shape index (κ1) is 31.6. The predicted octanol–water partition coefficient (Wildman–Crippen LogP) is 10.6. The minimum Gasteiger partial charge on any atom is -0.0953 e. The zero-order chi connectivity index (χ0) is 25.0. The molecule has 178 valence electrons. The van der Waals surface area contributed by atoms with Gasteiger partial charge in [-0.05, 0) is 92.5 Å². The van der Waals surface area contributed by atoms with Crippen molar-refractivity contribution in [3.8, 4) is 0 Å². The zero-order valence-corrected chi connectivity index (χ0v) is 23.6. The average molecular weight is 427 g/mol. The van der Waals surface area contributed by atoms with Gasteiger partial charge in [0, 0.05) is 0 Å². The SMILES string of the molecule is C=C(/C=C(\C=C(/C)CC)C(C)(C)CC)C(C)(C)CC.CC.Cc1cc(C)c(C)c(C)c1. The first-order valence-electron chi connectivity index (χ1n) is 12.3. The largest absolute Gasteiger partial charge is 0.0953 e. The van der Waals surface area contributed by atoms with Crippen LogP contribution in [0, 0.1) is 38.5 Å². The maximum Gasteiger partial charge on any atom is -0.0106 e. The number of hydrogen-bond acceptors (Lipinski definition) is 0. The molecule has 1 rings (SSSR count). The summed E-state index contributed by atoms with van der Waals surface area (Å²) < 4.78 is 0. The molecule has 0 saturated carbocycles. The maximum absolute atomic E-state index is 4.31. The molecule has 0 heterocycles. The van der Waals surface area contributed by atoms with Gasteiger partial charge < -0.3 is 0 Å². The maximum atomic E-state index is 4.31. The molecule has 0 radical (unpaired) electrons. The summed E-state index contributed by atoms with van der Waals surface area (Å²) in [4.78, 5) is 0. The molecule has 31 heavy (non-hydrogen) atoms. The van der Waals surface area contributed by atoms with Crippen LogP contribution in [0.25, 0.3) is 0 Å². The molecule has 0 saturated heterocycles. The third-order valence-corrected chi connectivity index (χ3v) is 6.78. The fraction of sp³-hybridized carbons (Fsp3) is 0.613. The monoisotopic (exact) mass is 426 g/mol. The quantitative estimate of drug-likeness (QED) is 0.380. The van der Waals surface area contributed by atoms with Crippen molar-refractivity contribution in [2.45, 2.75) is 116 Å². The molecule has 0 aliphatic heterocycles. The number of benzene rings is 1. The average Bonchev–Trinajstić information content (AvgIpc) is 2.72. The van der Waals surface area contributed by atoms with Crippen molar-refractivity contribution in [3.05, 3.63) is 69.8 Å². The molecular weight excluding hydrogens is 372 g/mol. The molecule has 0 fully saturated rings. The second-order valence-corrected chi connectivity index (χ2v) is 9.97. The second-order valence-electron chi connectivity index (χ2n) is 9.97. The lowest BCUT2D eigenvalue weighted by molar-refractivity contribution is 0.424. The van der Waals surface area contributed by atoms with Gasteiger partial charge in [0.25, 0.3) is 0 Å². The predicted molar refractivity (Wildman–Crippen MR) is 146 cm³/mol. The Balaban J connectivity index is 0. The third kappa shape index (κ3) is 11.0. The minimum absolute atomic E-state index is 0.184. The Kier molecular flexibility index (Phi) is 14.8. The third-order valence-electron chi connectivity index (χ3n) is 6.78. The van der Waals surface area contributed by atoms with Gasteiger partial charge in [-0.25, -0.2) is 0 Å². The molecule has 1 aromatic rings. The molecule has 0 atom stereocenters. The fourth-order valence-corrected chi connectivity index (χ4v) is 2.87. The van der Waals surface area contributed by atoms with Gasteiger partial charge in [0.05, 0.1) is 0 Å². The van der Waals surface area contributed by atoms with E-state index in [2.05, 4.69) is 114 Å². The van der Waals surface area contributed by atoms with Gasteiger partial charge in [0.15, 0.2) is 0 Å². The van der Waals surface area contributed by atoms with Crippen LogP contribution >= 0.6 is 0 Å². The molecule has 0 aliphatic rings. The summed E-state index contributed by atoms with van der Waals surface area (Å²) in [5, 5.41) is 0. The van der Waals surface area contributed by atoms with Crippen molar-refractivity contribution >= 4 is 0 Å². The first-order chi connectivity index (χ1) is 14.2. The lowest BCUT2D eigenvalue weighted by Crippen LogP contribution is -2.16. The van der Waals surface area contributed by atoms with E-state index in [0.29, 0.717) is 0 Å². The molecule has 0 amide bonds. The summed E-state index contributed by atoms with van der Waals surface area (Å²) in [6.45, 7) is 35.1. The van der Waals surface area contributed by atoms with Crippen LogP contribution in [0.2, 0.25) is 0 Å².